The average Bonchev–Trinajstić information content (AvgIpc) is 2.76. The van der Waals surface area contributed by atoms with Crippen molar-refractivity contribution in [3.05, 3.63) is 23.2 Å². The number of nitrogens with zero attached hydrogens (tertiary/aromatic N) is 2. The molecule has 0 atom stereocenters. The van der Waals surface area contributed by atoms with Crippen molar-refractivity contribution in [2.45, 2.75) is 6.92 Å². The molecule has 0 unspecified atom stereocenters. The van der Waals surface area contributed by atoms with E-state index in [0.717, 1.165) is 0 Å². The van der Waals surface area contributed by atoms with Crippen molar-refractivity contribution >= 4 is 23.5 Å². The van der Waals surface area contributed by atoms with Crippen molar-refractivity contribution < 1.29 is 13.9 Å². The van der Waals surface area contributed by atoms with Gasteiger partial charge in [0.2, 0.25) is 5.91 Å². The van der Waals surface area contributed by atoms with Crippen LogP contribution in [0.15, 0.2) is 22.6 Å². The van der Waals surface area contributed by atoms with E-state index in [9.17, 15) is 4.79 Å². The predicted molar refractivity (Wildman–Crippen MR) is 65.6 cm³/mol. The zero-order valence-electron chi connectivity index (χ0n) is 9.73. The van der Waals surface area contributed by atoms with Gasteiger partial charge in [-0.2, -0.15) is 0 Å². The Bertz CT molecular complexity index is 583. The van der Waals surface area contributed by atoms with E-state index >= 15 is 0 Å². The number of benzene rings is 1. The van der Waals surface area contributed by atoms with Gasteiger partial charge in [-0.05, 0) is 18.2 Å². The predicted octanol–water partition coefficient (Wildman–Crippen LogP) is 2.36. The van der Waals surface area contributed by atoms with E-state index in [1.54, 1.807) is 25.3 Å². The first-order valence-electron chi connectivity index (χ1n) is 5.05. The minimum Gasteiger partial charge on any atom is -0.497 e. The summed E-state index contributed by atoms with van der Waals surface area (Å²) in [5.74, 6) is 0.572. The summed E-state index contributed by atoms with van der Waals surface area (Å²) in [6, 6.07) is 5.10. The number of anilines is 1. The Morgan fingerprint density at radius 2 is 2.22 bits per heavy atom. The van der Waals surface area contributed by atoms with Crippen LogP contribution in [-0.4, -0.2) is 23.2 Å². The van der Waals surface area contributed by atoms with E-state index in [1.165, 1.54) is 6.92 Å². The lowest BCUT2D eigenvalue weighted by molar-refractivity contribution is -0.114. The van der Waals surface area contributed by atoms with Gasteiger partial charge in [-0.1, -0.05) is 16.7 Å². The van der Waals surface area contributed by atoms with Crippen LogP contribution in [0.25, 0.3) is 11.5 Å². The minimum absolute atomic E-state index is 0.0318. The third-order valence-corrected chi connectivity index (χ3v) is 2.43. The highest BCUT2D eigenvalue weighted by molar-refractivity contribution is 6.33. The molecule has 0 aliphatic rings. The zero-order valence-corrected chi connectivity index (χ0v) is 10.5. The maximum Gasteiger partial charge on any atom is 0.322 e. The fourth-order valence-electron chi connectivity index (χ4n) is 1.33. The van der Waals surface area contributed by atoms with Crippen molar-refractivity contribution in [2.75, 3.05) is 12.4 Å². The molecule has 0 aliphatic carbocycles. The molecule has 1 N–H and O–H groups in total. The number of hydrogen-bond donors (Lipinski definition) is 1. The number of aromatic nitrogens is 2. The Hall–Kier alpha value is -2.08. The Kier molecular flexibility index (Phi) is 3.47. The molecule has 0 fully saturated rings. The van der Waals surface area contributed by atoms with Crippen LogP contribution in [0.2, 0.25) is 5.02 Å². The standard InChI is InChI=1S/C11H10ClN3O3/c1-6(16)13-11-15-14-10(18-11)8-4-3-7(17-2)5-9(8)12/h3-5H,1-2H3,(H,13,15,16). The van der Waals surface area contributed by atoms with Gasteiger partial charge < -0.3 is 9.15 Å². The van der Waals surface area contributed by atoms with Crippen LogP contribution >= 0.6 is 11.6 Å². The molecule has 1 aromatic heterocycles. The Morgan fingerprint density at radius 3 is 2.83 bits per heavy atom. The molecule has 1 aromatic carbocycles. The minimum atomic E-state index is -0.286. The number of carbonyl (C=O) groups is 1. The summed E-state index contributed by atoms with van der Waals surface area (Å²) < 4.78 is 10.3. The molecule has 6 nitrogen and oxygen atoms in total. The SMILES string of the molecule is COc1ccc(-c2nnc(NC(C)=O)o2)c(Cl)c1. The maximum absolute atomic E-state index is 10.8. The molecule has 1 amide bonds. The van der Waals surface area contributed by atoms with E-state index in [0.29, 0.717) is 16.3 Å². The lowest BCUT2D eigenvalue weighted by atomic mass is 10.2. The quantitative estimate of drug-likeness (QED) is 0.924. The van der Waals surface area contributed by atoms with E-state index in [1.807, 2.05) is 0 Å². The van der Waals surface area contributed by atoms with E-state index < -0.39 is 0 Å². The summed E-state index contributed by atoms with van der Waals surface area (Å²) in [5, 5.41) is 10.3. The third kappa shape index (κ3) is 2.60. The molecular weight excluding hydrogens is 258 g/mol. The van der Waals surface area contributed by atoms with Gasteiger partial charge in [0.05, 0.1) is 17.7 Å². The molecule has 94 valence electrons. The molecule has 2 aromatic rings. The number of ether oxygens (including phenoxy) is 1. The number of methoxy groups -OCH3 is 1. The second-order valence-electron chi connectivity index (χ2n) is 3.44. The largest absolute Gasteiger partial charge is 0.497 e. The molecule has 0 aliphatic heterocycles. The average molecular weight is 268 g/mol. The number of amides is 1. The normalized spacial score (nSPS) is 10.2. The molecule has 0 spiro atoms. The summed E-state index contributed by atoms with van der Waals surface area (Å²) in [5.41, 5.74) is 0.571. The highest BCUT2D eigenvalue weighted by Crippen LogP contribution is 2.30. The zero-order chi connectivity index (χ0) is 13.1. The molecule has 0 saturated carbocycles. The van der Waals surface area contributed by atoms with Gasteiger partial charge in [0.1, 0.15) is 5.75 Å². The van der Waals surface area contributed by atoms with E-state index in [4.69, 9.17) is 20.8 Å². The van der Waals surface area contributed by atoms with E-state index in [-0.39, 0.29) is 17.8 Å². The summed E-state index contributed by atoms with van der Waals surface area (Å²) in [7, 11) is 1.55. The van der Waals surface area contributed by atoms with Crippen molar-refractivity contribution in [1.82, 2.24) is 10.2 Å². The fourth-order valence-corrected chi connectivity index (χ4v) is 1.58. The van der Waals surface area contributed by atoms with Crippen LogP contribution in [0, 0.1) is 0 Å². The number of rotatable bonds is 3. The van der Waals surface area contributed by atoms with Gasteiger partial charge in [0, 0.05) is 6.92 Å². The maximum atomic E-state index is 10.8. The number of halogens is 1. The van der Waals surface area contributed by atoms with Crippen LogP contribution in [0.3, 0.4) is 0 Å². The van der Waals surface area contributed by atoms with Crippen LogP contribution in [0.5, 0.6) is 5.75 Å². The first kappa shape index (κ1) is 12.4. The first-order chi connectivity index (χ1) is 8.60. The monoisotopic (exact) mass is 267 g/mol. The Balaban J connectivity index is 2.31. The lowest BCUT2D eigenvalue weighted by Gasteiger charge is -2.02. The second kappa shape index (κ2) is 5.05. The number of hydrogen-bond acceptors (Lipinski definition) is 5. The van der Waals surface area contributed by atoms with Crippen LogP contribution in [0.4, 0.5) is 6.01 Å². The van der Waals surface area contributed by atoms with E-state index in [2.05, 4.69) is 15.5 Å². The van der Waals surface area contributed by atoms with Gasteiger partial charge in [0.15, 0.2) is 0 Å². The molecule has 0 radical (unpaired) electrons. The van der Waals surface area contributed by atoms with Gasteiger partial charge in [-0.3, -0.25) is 10.1 Å². The van der Waals surface area contributed by atoms with Crippen molar-refractivity contribution in [3.63, 3.8) is 0 Å². The highest BCUT2D eigenvalue weighted by atomic mass is 35.5. The van der Waals surface area contributed by atoms with Crippen LogP contribution in [0.1, 0.15) is 6.92 Å². The lowest BCUT2D eigenvalue weighted by Crippen LogP contribution is -2.05. The van der Waals surface area contributed by atoms with Crippen LogP contribution in [-0.2, 0) is 4.79 Å². The van der Waals surface area contributed by atoms with Crippen molar-refractivity contribution in [2.24, 2.45) is 0 Å². The summed E-state index contributed by atoms with van der Waals surface area (Å²) in [4.78, 5) is 10.8. The van der Waals surface area contributed by atoms with Gasteiger partial charge in [-0.15, -0.1) is 5.10 Å². The van der Waals surface area contributed by atoms with Gasteiger partial charge in [0.25, 0.3) is 5.89 Å². The summed E-state index contributed by atoms with van der Waals surface area (Å²) in [6.45, 7) is 1.35. The molecule has 0 bridgehead atoms. The van der Waals surface area contributed by atoms with Crippen molar-refractivity contribution in [3.8, 4) is 17.2 Å². The highest BCUT2D eigenvalue weighted by Gasteiger charge is 2.13. The Labute approximate surface area is 108 Å². The van der Waals surface area contributed by atoms with Gasteiger partial charge >= 0.3 is 6.01 Å². The molecular formula is C11H10ClN3O3. The smallest absolute Gasteiger partial charge is 0.322 e. The van der Waals surface area contributed by atoms with Crippen LogP contribution < -0.4 is 10.1 Å². The second-order valence-corrected chi connectivity index (χ2v) is 3.85. The topological polar surface area (TPSA) is 77.3 Å². The first-order valence-corrected chi connectivity index (χ1v) is 5.43. The summed E-state index contributed by atoms with van der Waals surface area (Å²) >= 11 is 6.06. The molecule has 2 rings (SSSR count). The molecule has 7 heteroatoms. The summed E-state index contributed by atoms with van der Waals surface area (Å²) in [6.07, 6.45) is 0. The third-order valence-electron chi connectivity index (χ3n) is 2.11. The molecule has 1 heterocycles. The molecule has 18 heavy (non-hydrogen) atoms. The Morgan fingerprint density at radius 1 is 1.44 bits per heavy atom. The molecule has 0 saturated heterocycles. The fraction of sp³-hybridized carbons (Fsp3) is 0.182. The number of nitrogens with one attached hydrogen (secondary N) is 1. The van der Waals surface area contributed by atoms with Crippen molar-refractivity contribution in [1.29, 1.82) is 0 Å². The van der Waals surface area contributed by atoms with Gasteiger partial charge in [-0.25, -0.2) is 0 Å². The number of carbonyl (C=O) groups excluding carboxylic acids is 1.